The minimum Gasteiger partial charge on any atom is -0.465 e. The van der Waals surface area contributed by atoms with Crippen LogP contribution in [-0.2, 0) is 10.5 Å². The number of ether oxygens (including phenoxy) is 1. The molecular weight excluding hydrogens is 258 g/mol. The monoisotopic (exact) mass is 273 g/mol. The molecule has 0 fully saturated rings. The molecule has 0 saturated carbocycles. The quantitative estimate of drug-likeness (QED) is 0.527. The average Bonchev–Trinajstić information content (AvgIpc) is 2.46. The number of nitrogen functional groups attached to an aromatic ring is 1. The van der Waals surface area contributed by atoms with E-state index in [4.69, 9.17) is 5.73 Å². The molecule has 98 valence electrons. The van der Waals surface area contributed by atoms with Crippen LogP contribution in [-0.4, -0.2) is 13.1 Å². The number of para-hydroxylation sites is 1. The predicted molar refractivity (Wildman–Crippen MR) is 78.2 cm³/mol. The first-order valence-corrected chi connectivity index (χ1v) is 6.84. The van der Waals surface area contributed by atoms with Gasteiger partial charge in [0.15, 0.2) is 0 Å². The molecule has 2 N–H and O–H groups in total. The van der Waals surface area contributed by atoms with Crippen LogP contribution in [0.3, 0.4) is 0 Å². The predicted octanol–water partition coefficient (Wildman–Crippen LogP) is 3.35. The van der Waals surface area contributed by atoms with E-state index in [9.17, 15) is 4.79 Å². The summed E-state index contributed by atoms with van der Waals surface area (Å²) in [7, 11) is 1.38. The molecule has 3 nitrogen and oxygen atoms in total. The fourth-order valence-electron chi connectivity index (χ4n) is 1.63. The molecule has 0 aromatic heterocycles. The number of hydrogen-bond acceptors (Lipinski definition) is 4. The molecule has 0 heterocycles. The lowest BCUT2D eigenvalue weighted by Crippen LogP contribution is -2.00. The Hall–Kier alpha value is -1.94. The van der Waals surface area contributed by atoms with Crippen molar-refractivity contribution in [3.8, 4) is 0 Å². The van der Waals surface area contributed by atoms with Crippen molar-refractivity contribution in [2.45, 2.75) is 10.6 Å². The molecule has 0 bridgehead atoms. The van der Waals surface area contributed by atoms with Crippen LogP contribution in [0.15, 0.2) is 53.4 Å². The number of rotatable bonds is 4. The number of esters is 1. The lowest BCUT2D eigenvalue weighted by molar-refractivity contribution is 0.0600. The molecule has 2 rings (SSSR count). The van der Waals surface area contributed by atoms with Crippen LogP contribution in [0.25, 0.3) is 0 Å². The summed E-state index contributed by atoms with van der Waals surface area (Å²) in [6, 6.07) is 15.2. The van der Waals surface area contributed by atoms with E-state index in [1.165, 1.54) is 7.11 Å². The van der Waals surface area contributed by atoms with Gasteiger partial charge in [-0.1, -0.05) is 24.3 Å². The van der Waals surface area contributed by atoms with Crippen LogP contribution in [0.1, 0.15) is 15.9 Å². The summed E-state index contributed by atoms with van der Waals surface area (Å²) in [4.78, 5) is 12.4. The molecule has 2 aromatic carbocycles. The van der Waals surface area contributed by atoms with Gasteiger partial charge in [0.05, 0.1) is 12.7 Å². The maximum atomic E-state index is 11.3. The van der Waals surface area contributed by atoms with Gasteiger partial charge in [0.2, 0.25) is 0 Å². The van der Waals surface area contributed by atoms with Crippen LogP contribution in [0.2, 0.25) is 0 Å². The topological polar surface area (TPSA) is 52.3 Å². The van der Waals surface area contributed by atoms with E-state index in [2.05, 4.69) is 4.74 Å². The molecule has 0 aliphatic heterocycles. The fourth-order valence-corrected chi connectivity index (χ4v) is 2.55. The standard InChI is InChI=1S/C15H15NO2S/c1-18-15(17)12-8-6-11(7-9-12)10-19-14-5-3-2-4-13(14)16/h2-9H,10,16H2,1H3. The summed E-state index contributed by atoms with van der Waals surface area (Å²) in [6.45, 7) is 0. The Balaban J connectivity index is 2.01. The van der Waals surface area contributed by atoms with Gasteiger partial charge in [-0.2, -0.15) is 0 Å². The summed E-state index contributed by atoms with van der Waals surface area (Å²) >= 11 is 1.68. The molecule has 0 saturated heterocycles. The molecule has 19 heavy (non-hydrogen) atoms. The van der Waals surface area contributed by atoms with Crippen molar-refractivity contribution in [3.63, 3.8) is 0 Å². The normalized spacial score (nSPS) is 10.2. The number of carbonyl (C=O) groups excluding carboxylic acids is 1. The van der Waals surface area contributed by atoms with E-state index in [0.29, 0.717) is 5.56 Å². The second-order valence-corrected chi connectivity index (χ2v) is 5.03. The van der Waals surface area contributed by atoms with Crippen LogP contribution in [0, 0.1) is 0 Å². The van der Waals surface area contributed by atoms with Crippen LogP contribution >= 0.6 is 11.8 Å². The lowest BCUT2D eigenvalue weighted by atomic mass is 10.1. The summed E-state index contributed by atoms with van der Waals surface area (Å²) in [5, 5.41) is 0. The molecule has 0 unspecified atom stereocenters. The van der Waals surface area contributed by atoms with Crippen molar-refractivity contribution in [3.05, 3.63) is 59.7 Å². The van der Waals surface area contributed by atoms with E-state index in [1.54, 1.807) is 23.9 Å². The third kappa shape index (κ3) is 3.51. The molecule has 0 amide bonds. The molecule has 0 radical (unpaired) electrons. The first-order valence-electron chi connectivity index (χ1n) is 5.85. The van der Waals surface area contributed by atoms with Gasteiger partial charge in [-0.3, -0.25) is 0 Å². The van der Waals surface area contributed by atoms with E-state index in [0.717, 1.165) is 21.9 Å². The highest BCUT2D eigenvalue weighted by molar-refractivity contribution is 7.98. The molecule has 4 heteroatoms. The number of hydrogen-bond donors (Lipinski definition) is 1. The van der Waals surface area contributed by atoms with Crippen LogP contribution < -0.4 is 5.73 Å². The van der Waals surface area contributed by atoms with Crippen molar-refractivity contribution < 1.29 is 9.53 Å². The minimum atomic E-state index is -0.313. The van der Waals surface area contributed by atoms with Crippen molar-refractivity contribution in [1.82, 2.24) is 0 Å². The van der Waals surface area contributed by atoms with Gasteiger partial charge >= 0.3 is 5.97 Å². The Bertz CT molecular complexity index is 567. The second kappa shape index (κ2) is 6.29. The van der Waals surface area contributed by atoms with Crippen LogP contribution in [0.4, 0.5) is 5.69 Å². The number of carbonyl (C=O) groups is 1. The maximum Gasteiger partial charge on any atom is 0.337 e. The molecule has 2 aromatic rings. The highest BCUT2D eigenvalue weighted by Gasteiger charge is 2.05. The number of benzene rings is 2. The van der Waals surface area contributed by atoms with Gasteiger partial charge in [-0.05, 0) is 29.8 Å². The number of anilines is 1. The molecule has 0 aliphatic carbocycles. The number of nitrogens with two attached hydrogens (primary N) is 1. The molecular formula is C15H15NO2S. The van der Waals surface area contributed by atoms with E-state index in [-0.39, 0.29) is 5.97 Å². The Morgan fingerprint density at radius 2 is 1.84 bits per heavy atom. The summed E-state index contributed by atoms with van der Waals surface area (Å²) < 4.78 is 4.66. The van der Waals surface area contributed by atoms with Crippen LogP contribution in [0.5, 0.6) is 0 Å². The fraction of sp³-hybridized carbons (Fsp3) is 0.133. The van der Waals surface area contributed by atoms with E-state index < -0.39 is 0 Å². The number of methoxy groups -OCH3 is 1. The third-order valence-corrected chi connectivity index (χ3v) is 3.85. The second-order valence-electron chi connectivity index (χ2n) is 4.02. The van der Waals surface area contributed by atoms with Gasteiger partial charge in [-0.25, -0.2) is 4.79 Å². The van der Waals surface area contributed by atoms with Gasteiger partial charge in [0, 0.05) is 16.3 Å². The molecule has 0 atom stereocenters. The summed E-state index contributed by atoms with van der Waals surface area (Å²) in [6.07, 6.45) is 0. The van der Waals surface area contributed by atoms with E-state index >= 15 is 0 Å². The SMILES string of the molecule is COC(=O)c1ccc(CSc2ccccc2N)cc1. The summed E-state index contributed by atoms with van der Waals surface area (Å²) in [5.74, 6) is 0.502. The molecule has 0 spiro atoms. The summed E-state index contributed by atoms with van der Waals surface area (Å²) in [5.41, 5.74) is 8.38. The Morgan fingerprint density at radius 1 is 1.16 bits per heavy atom. The Kier molecular flexibility index (Phi) is 4.47. The van der Waals surface area contributed by atoms with Crippen molar-refractivity contribution >= 4 is 23.4 Å². The Labute approximate surface area is 116 Å². The zero-order valence-corrected chi connectivity index (χ0v) is 11.4. The van der Waals surface area contributed by atoms with Gasteiger partial charge < -0.3 is 10.5 Å². The van der Waals surface area contributed by atoms with E-state index in [1.807, 2.05) is 36.4 Å². The zero-order chi connectivity index (χ0) is 13.7. The van der Waals surface area contributed by atoms with Crippen molar-refractivity contribution in [2.24, 2.45) is 0 Å². The highest BCUT2D eigenvalue weighted by atomic mass is 32.2. The maximum absolute atomic E-state index is 11.3. The largest absolute Gasteiger partial charge is 0.465 e. The van der Waals surface area contributed by atoms with Crippen molar-refractivity contribution in [2.75, 3.05) is 12.8 Å². The third-order valence-electron chi connectivity index (χ3n) is 2.69. The smallest absolute Gasteiger partial charge is 0.337 e. The van der Waals surface area contributed by atoms with Gasteiger partial charge in [-0.15, -0.1) is 11.8 Å². The van der Waals surface area contributed by atoms with Crippen molar-refractivity contribution in [1.29, 1.82) is 0 Å². The zero-order valence-electron chi connectivity index (χ0n) is 10.6. The van der Waals surface area contributed by atoms with Gasteiger partial charge in [0.25, 0.3) is 0 Å². The minimum absolute atomic E-state index is 0.313. The lowest BCUT2D eigenvalue weighted by Gasteiger charge is -2.05. The number of thioether (sulfide) groups is 1. The Morgan fingerprint density at radius 3 is 2.47 bits per heavy atom. The highest BCUT2D eigenvalue weighted by Crippen LogP contribution is 2.27. The van der Waals surface area contributed by atoms with Gasteiger partial charge in [0.1, 0.15) is 0 Å². The molecule has 0 aliphatic rings. The first-order chi connectivity index (χ1) is 9.20. The first kappa shape index (κ1) is 13.5. The average molecular weight is 273 g/mol.